The number of nitrogen functional groups attached to an aromatic ring is 1. The zero-order valence-corrected chi connectivity index (χ0v) is 10.5. The predicted molar refractivity (Wildman–Crippen MR) is 68.4 cm³/mol. The van der Waals surface area contributed by atoms with Crippen molar-refractivity contribution in [3.63, 3.8) is 0 Å². The van der Waals surface area contributed by atoms with E-state index >= 15 is 0 Å². The lowest BCUT2D eigenvalue weighted by Gasteiger charge is -2.44. The second kappa shape index (κ2) is 4.38. The molecule has 2 aliphatic heterocycles. The highest BCUT2D eigenvalue weighted by molar-refractivity contribution is 5.65. The first-order chi connectivity index (χ1) is 9.08. The van der Waals surface area contributed by atoms with Crippen LogP contribution < -0.4 is 5.73 Å². The third-order valence-electron chi connectivity index (χ3n) is 4.08. The summed E-state index contributed by atoms with van der Waals surface area (Å²) in [6.45, 7) is 2.36. The Labute approximate surface area is 110 Å². The molecule has 1 aromatic carbocycles. The van der Waals surface area contributed by atoms with Crippen LogP contribution >= 0.6 is 0 Å². The maximum atomic E-state index is 14.0. The van der Waals surface area contributed by atoms with E-state index in [1.165, 1.54) is 4.90 Å². The number of hydrogen-bond donors (Lipinski definition) is 2. The number of benzene rings is 1. The van der Waals surface area contributed by atoms with E-state index < -0.39 is 6.09 Å². The van der Waals surface area contributed by atoms with Crippen molar-refractivity contribution >= 4 is 11.8 Å². The Morgan fingerprint density at radius 1 is 1.37 bits per heavy atom. The molecule has 1 aromatic rings. The van der Waals surface area contributed by atoms with Crippen LogP contribution in [0.5, 0.6) is 0 Å². The number of hydrogen-bond acceptors (Lipinski definition) is 3. The SMILES string of the molecule is Nc1ccc2c(c1F)CCN1CCN(C(=O)O)C[C@@H]21. The lowest BCUT2D eigenvalue weighted by molar-refractivity contribution is 0.0629. The van der Waals surface area contributed by atoms with Crippen LogP contribution in [0.25, 0.3) is 0 Å². The van der Waals surface area contributed by atoms with Gasteiger partial charge in [-0.15, -0.1) is 0 Å². The van der Waals surface area contributed by atoms with Crippen LogP contribution in [0.1, 0.15) is 17.2 Å². The van der Waals surface area contributed by atoms with E-state index in [4.69, 9.17) is 10.8 Å². The summed E-state index contributed by atoms with van der Waals surface area (Å²) in [6, 6.07) is 3.34. The molecule has 5 nitrogen and oxygen atoms in total. The van der Waals surface area contributed by atoms with Crippen molar-refractivity contribution in [3.8, 4) is 0 Å². The summed E-state index contributed by atoms with van der Waals surface area (Å²) in [4.78, 5) is 14.7. The van der Waals surface area contributed by atoms with Crippen LogP contribution in [0.15, 0.2) is 12.1 Å². The Bertz CT molecular complexity index is 535. The molecule has 19 heavy (non-hydrogen) atoms. The quantitative estimate of drug-likeness (QED) is 0.694. The first-order valence-electron chi connectivity index (χ1n) is 6.36. The predicted octanol–water partition coefficient (Wildman–Crippen LogP) is 1.30. The zero-order chi connectivity index (χ0) is 13.6. The number of fused-ring (bicyclic) bond motifs is 3. The van der Waals surface area contributed by atoms with Gasteiger partial charge in [0.05, 0.1) is 11.7 Å². The van der Waals surface area contributed by atoms with Gasteiger partial charge in [-0.25, -0.2) is 9.18 Å². The molecule has 0 spiro atoms. The van der Waals surface area contributed by atoms with Gasteiger partial charge in [0.2, 0.25) is 0 Å². The molecule has 0 saturated carbocycles. The van der Waals surface area contributed by atoms with Gasteiger partial charge in [-0.2, -0.15) is 0 Å². The molecule has 102 valence electrons. The molecule has 2 aliphatic rings. The molecule has 0 aliphatic carbocycles. The summed E-state index contributed by atoms with van der Waals surface area (Å²) in [5.41, 5.74) is 7.28. The van der Waals surface area contributed by atoms with Crippen molar-refractivity contribution in [1.82, 2.24) is 9.80 Å². The number of nitrogens with zero attached hydrogens (tertiary/aromatic N) is 2. The molecule has 1 amide bonds. The van der Waals surface area contributed by atoms with E-state index in [1.54, 1.807) is 6.07 Å². The van der Waals surface area contributed by atoms with Crippen molar-refractivity contribution in [2.24, 2.45) is 0 Å². The van der Waals surface area contributed by atoms with Gasteiger partial charge in [0.25, 0.3) is 0 Å². The highest BCUT2D eigenvalue weighted by Gasteiger charge is 2.35. The van der Waals surface area contributed by atoms with Crippen molar-refractivity contribution in [2.45, 2.75) is 12.5 Å². The Balaban J connectivity index is 1.97. The zero-order valence-electron chi connectivity index (χ0n) is 10.5. The molecular formula is C13H16FN3O2. The fourth-order valence-electron chi connectivity index (χ4n) is 3.03. The van der Waals surface area contributed by atoms with Gasteiger partial charge in [-0.3, -0.25) is 4.90 Å². The van der Waals surface area contributed by atoms with E-state index in [0.717, 1.165) is 12.1 Å². The highest BCUT2D eigenvalue weighted by atomic mass is 19.1. The molecule has 0 aromatic heterocycles. The summed E-state index contributed by atoms with van der Waals surface area (Å²) in [7, 11) is 0. The van der Waals surface area contributed by atoms with Gasteiger partial charge in [0.15, 0.2) is 0 Å². The highest BCUT2D eigenvalue weighted by Crippen LogP contribution is 2.35. The molecular weight excluding hydrogens is 249 g/mol. The second-order valence-electron chi connectivity index (χ2n) is 5.07. The van der Waals surface area contributed by atoms with Gasteiger partial charge in [0.1, 0.15) is 5.82 Å². The van der Waals surface area contributed by atoms with Crippen LogP contribution in [0.3, 0.4) is 0 Å². The van der Waals surface area contributed by atoms with Gasteiger partial charge in [0, 0.05) is 26.2 Å². The number of piperazine rings is 1. The number of rotatable bonds is 0. The minimum atomic E-state index is -0.914. The third kappa shape index (κ3) is 1.92. The van der Waals surface area contributed by atoms with Crippen LogP contribution in [0.4, 0.5) is 14.9 Å². The first kappa shape index (κ1) is 12.2. The molecule has 6 heteroatoms. The molecule has 0 radical (unpaired) electrons. The Kier molecular flexibility index (Phi) is 2.82. The minimum absolute atomic E-state index is 0.0521. The fraction of sp³-hybridized carbons (Fsp3) is 0.462. The van der Waals surface area contributed by atoms with Crippen LogP contribution in [0.2, 0.25) is 0 Å². The molecule has 2 heterocycles. The topological polar surface area (TPSA) is 69.8 Å². The maximum absolute atomic E-state index is 14.0. The maximum Gasteiger partial charge on any atom is 0.407 e. The van der Waals surface area contributed by atoms with Gasteiger partial charge in [-0.1, -0.05) is 6.07 Å². The van der Waals surface area contributed by atoms with Crippen molar-refractivity contribution in [2.75, 3.05) is 31.9 Å². The normalized spacial score (nSPS) is 22.8. The summed E-state index contributed by atoms with van der Waals surface area (Å²) in [5.74, 6) is -0.343. The summed E-state index contributed by atoms with van der Waals surface area (Å²) >= 11 is 0. The molecule has 1 atom stereocenters. The number of halogens is 1. The van der Waals surface area contributed by atoms with Crippen molar-refractivity contribution in [1.29, 1.82) is 0 Å². The molecule has 0 bridgehead atoms. The second-order valence-corrected chi connectivity index (χ2v) is 5.07. The number of nitrogens with two attached hydrogens (primary N) is 1. The summed E-state index contributed by atoms with van der Waals surface area (Å²) in [6.07, 6.45) is -0.279. The van der Waals surface area contributed by atoms with E-state index in [2.05, 4.69) is 4.90 Å². The van der Waals surface area contributed by atoms with Gasteiger partial charge < -0.3 is 15.7 Å². The summed E-state index contributed by atoms with van der Waals surface area (Å²) in [5, 5.41) is 9.09. The molecule has 3 rings (SSSR count). The molecule has 1 saturated heterocycles. The largest absolute Gasteiger partial charge is 0.465 e. The third-order valence-corrected chi connectivity index (χ3v) is 4.08. The fourth-order valence-corrected chi connectivity index (χ4v) is 3.03. The monoisotopic (exact) mass is 265 g/mol. The van der Waals surface area contributed by atoms with Gasteiger partial charge >= 0.3 is 6.09 Å². The Morgan fingerprint density at radius 2 is 2.16 bits per heavy atom. The number of amides is 1. The van der Waals surface area contributed by atoms with Crippen LogP contribution in [-0.4, -0.2) is 47.2 Å². The molecule has 1 fully saturated rings. The lowest BCUT2D eigenvalue weighted by Crippen LogP contribution is -2.52. The first-order valence-corrected chi connectivity index (χ1v) is 6.36. The number of anilines is 1. The smallest absolute Gasteiger partial charge is 0.407 e. The number of carboxylic acid groups (broad SMARTS) is 1. The Morgan fingerprint density at radius 3 is 2.89 bits per heavy atom. The van der Waals surface area contributed by atoms with E-state index in [1.807, 2.05) is 6.07 Å². The van der Waals surface area contributed by atoms with Crippen molar-refractivity contribution < 1.29 is 14.3 Å². The van der Waals surface area contributed by atoms with E-state index in [-0.39, 0.29) is 17.5 Å². The van der Waals surface area contributed by atoms with E-state index in [9.17, 15) is 9.18 Å². The van der Waals surface area contributed by atoms with E-state index in [0.29, 0.717) is 31.6 Å². The summed E-state index contributed by atoms with van der Waals surface area (Å²) < 4.78 is 14.0. The van der Waals surface area contributed by atoms with Crippen molar-refractivity contribution in [3.05, 3.63) is 29.1 Å². The molecule has 0 unspecified atom stereocenters. The number of carbonyl (C=O) groups is 1. The minimum Gasteiger partial charge on any atom is -0.465 e. The molecule has 3 N–H and O–H groups in total. The average Bonchev–Trinajstić information content (AvgIpc) is 2.41. The van der Waals surface area contributed by atoms with Crippen LogP contribution in [0, 0.1) is 5.82 Å². The van der Waals surface area contributed by atoms with Gasteiger partial charge in [-0.05, 0) is 23.6 Å². The van der Waals surface area contributed by atoms with Crippen LogP contribution in [-0.2, 0) is 6.42 Å². The lowest BCUT2D eigenvalue weighted by atomic mass is 9.90. The Hall–Kier alpha value is -1.82. The average molecular weight is 265 g/mol. The standard InChI is InChI=1S/C13H16FN3O2/c14-12-9-3-4-16-5-6-17(13(18)19)7-11(16)8(9)1-2-10(12)15/h1-2,11H,3-7,15H2,(H,18,19)/t11-/m0/s1.